The number of fused-ring (bicyclic) bond motifs is 1. The van der Waals surface area contributed by atoms with Gasteiger partial charge in [-0.15, -0.1) is 0 Å². The standard InChI is InChI=1S/C29H30N2O4/c1-19-9-12-22-17-23(13-10-21-11-14-26(34-3)27(16-21)35-4)29(33)31(25(22)15-19)18-28(32)30-24-8-6-5-7-20(24)2/h5-9,11-12,14-17H,10,13,18H2,1-4H3,(H,30,32). The summed E-state index contributed by atoms with van der Waals surface area (Å²) in [6.45, 7) is 3.86. The number of nitrogens with one attached hydrogen (secondary N) is 1. The second kappa shape index (κ2) is 10.5. The molecule has 0 bridgehead atoms. The summed E-state index contributed by atoms with van der Waals surface area (Å²) in [6.07, 6.45) is 1.19. The van der Waals surface area contributed by atoms with Crippen LogP contribution in [-0.4, -0.2) is 24.7 Å². The van der Waals surface area contributed by atoms with Crippen molar-refractivity contribution >= 4 is 22.5 Å². The van der Waals surface area contributed by atoms with E-state index in [2.05, 4.69) is 5.32 Å². The Hall–Kier alpha value is -4.06. The van der Waals surface area contributed by atoms with Crippen molar-refractivity contribution in [1.82, 2.24) is 4.57 Å². The van der Waals surface area contributed by atoms with Gasteiger partial charge < -0.3 is 14.8 Å². The molecule has 0 atom stereocenters. The fraction of sp³-hybridized carbons (Fsp3) is 0.241. The number of carbonyl (C=O) groups is 1. The van der Waals surface area contributed by atoms with Gasteiger partial charge in [-0.2, -0.15) is 0 Å². The zero-order valence-corrected chi connectivity index (χ0v) is 20.6. The number of benzene rings is 3. The third kappa shape index (κ3) is 5.38. The number of anilines is 1. The number of para-hydroxylation sites is 1. The second-order valence-corrected chi connectivity index (χ2v) is 8.68. The molecule has 0 saturated heterocycles. The summed E-state index contributed by atoms with van der Waals surface area (Å²) >= 11 is 0. The first kappa shape index (κ1) is 24.1. The van der Waals surface area contributed by atoms with Gasteiger partial charge in [-0.25, -0.2) is 0 Å². The van der Waals surface area contributed by atoms with Crippen molar-refractivity contribution in [1.29, 1.82) is 0 Å². The van der Waals surface area contributed by atoms with Gasteiger partial charge in [-0.3, -0.25) is 14.2 Å². The van der Waals surface area contributed by atoms with Gasteiger partial charge in [0, 0.05) is 11.3 Å². The molecule has 3 aromatic carbocycles. The quantitative estimate of drug-likeness (QED) is 0.391. The highest BCUT2D eigenvalue weighted by Gasteiger charge is 2.14. The van der Waals surface area contributed by atoms with E-state index in [0.717, 1.165) is 33.3 Å². The monoisotopic (exact) mass is 470 g/mol. The number of hydrogen-bond donors (Lipinski definition) is 1. The molecule has 4 rings (SSSR count). The molecule has 0 aliphatic rings. The molecular weight excluding hydrogens is 440 g/mol. The van der Waals surface area contributed by atoms with E-state index in [4.69, 9.17) is 9.47 Å². The van der Waals surface area contributed by atoms with Crippen LogP contribution in [0.15, 0.2) is 71.5 Å². The third-order valence-electron chi connectivity index (χ3n) is 6.18. The Morgan fingerprint density at radius 2 is 1.66 bits per heavy atom. The fourth-order valence-electron chi connectivity index (χ4n) is 4.24. The number of carbonyl (C=O) groups excluding carboxylic acids is 1. The van der Waals surface area contributed by atoms with E-state index < -0.39 is 0 Å². The lowest BCUT2D eigenvalue weighted by atomic mass is 10.0. The number of nitrogens with zero attached hydrogens (tertiary/aromatic N) is 1. The van der Waals surface area contributed by atoms with E-state index in [1.807, 2.05) is 80.6 Å². The molecule has 0 spiro atoms. The van der Waals surface area contributed by atoms with Gasteiger partial charge in [0.2, 0.25) is 5.91 Å². The summed E-state index contributed by atoms with van der Waals surface area (Å²) in [7, 11) is 3.21. The molecule has 6 nitrogen and oxygen atoms in total. The van der Waals surface area contributed by atoms with Gasteiger partial charge in [0.15, 0.2) is 11.5 Å². The molecule has 0 unspecified atom stereocenters. The summed E-state index contributed by atoms with van der Waals surface area (Å²) in [4.78, 5) is 26.5. The van der Waals surface area contributed by atoms with Crippen molar-refractivity contribution in [3.63, 3.8) is 0 Å². The maximum Gasteiger partial charge on any atom is 0.254 e. The van der Waals surface area contributed by atoms with Gasteiger partial charge in [0.1, 0.15) is 6.54 Å². The maximum atomic E-state index is 13.5. The lowest BCUT2D eigenvalue weighted by Crippen LogP contribution is -2.30. The summed E-state index contributed by atoms with van der Waals surface area (Å²) in [5.41, 5.74) is 5.05. The highest BCUT2D eigenvalue weighted by molar-refractivity contribution is 5.92. The predicted octanol–water partition coefficient (Wildman–Crippen LogP) is 5.06. The minimum atomic E-state index is -0.235. The highest BCUT2D eigenvalue weighted by Crippen LogP contribution is 2.28. The lowest BCUT2D eigenvalue weighted by molar-refractivity contribution is -0.116. The Labute approximate surface area is 205 Å². The smallest absolute Gasteiger partial charge is 0.254 e. The number of aromatic nitrogens is 1. The van der Waals surface area contributed by atoms with Gasteiger partial charge in [-0.05, 0) is 79.1 Å². The van der Waals surface area contributed by atoms with Crippen LogP contribution >= 0.6 is 0 Å². The number of amides is 1. The van der Waals surface area contributed by atoms with Gasteiger partial charge in [0.05, 0.1) is 19.7 Å². The molecular formula is C29H30N2O4. The second-order valence-electron chi connectivity index (χ2n) is 8.68. The van der Waals surface area contributed by atoms with E-state index >= 15 is 0 Å². The molecule has 4 aromatic rings. The van der Waals surface area contributed by atoms with E-state index in [0.29, 0.717) is 29.9 Å². The first-order chi connectivity index (χ1) is 16.9. The summed E-state index contributed by atoms with van der Waals surface area (Å²) < 4.78 is 12.3. The van der Waals surface area contributed by atoms with Crippen molar-refractivity contribution in [2.45, 2.75) is 33.2 Å². The number of hydrogen-bond acceptors (Lipinski definition) is 4. The predicted molar refractivity (Wildman–Crippen MR) is 140 cm³/mol. The zero-order valence-electron chi connectivity index (χ0n) is 20.6. The van der Waals surface area contributed by atoms with Crippen molar-refractivity contribution in [3.8, 4) is 11.5 Å². The van der Waals surface area contributed by atoms with Gasteiger partial charge in [-0.1, -0.05) is 36.4 Å². The normalized spacial score (nSPS) is 10.9. The Bertz CT molecular complexity index is 1440. The number of aryl methyl sites for hydroxylation is 4. The van der Waals surface area contributed by atoms with Crippen molar-refractivity contribution in [2.24, 2.45) is 0 Å². The highest BCUT2D eigenvalue weighted by atomic mass is 16.5. The summed E-state index contributed by atoms with van der Waals surface area (Å²) in [5, 5.41) is 3.87. The number of methoxy groups -OCH3 is 2. The van der Waals surface area contributed by atoms with Crippen molar-refractivity contribution in [3.05, 3.63) is 99.3 Å². The van der Waals surface area contributed by atoms with Crippen LogP contribution in [0.4, 0.5) is 5.69 Å². The fourth-order valence-corrected chi connectivity index (χ4v) is 4.24. The van der Waals surface area contributed by atoms with Crippen LogP contribution in [0.2, 0.25) is 0 Å². The summed E-state index contributed by atoms with van der Waals surface area (Å²) in [5.74, 6) is 1.09. The first-order valence-electron chi connectivity index (χ1n) is 11.6. The Kier molecular flexibility index (Phi) is 7.20. The SMILES string of the molecule is COc1ccc(CCc2cc3ccc(C)cc3n(CC(=O)Nc3ccccc3C)c2=O)cc1OC. The van der Waals surface area contributed by atoms with Crippen LogP contribution in [0.1, 0.15) is 22.3 Å². The molecule has 1 aromatic heterocycles. The van der Waals surface area contributed by atoms with Crippen LogP contribution in [0.3, 0.4) is 0 Å². The molecule has 1 N–H and O–H groups in total. The van der Waals surface area contributed by atoms with Crippen LogP contribution < -0.4 is 20.3 Å². The van der Waals surface area contributed by atoms with Crippen LogP contribution in [0.5, 0.6) is 11.5 Å². The van der Waals surface area contributed by atoms with Crippen LogP contribution in [-0.2, 0) is 24.2 Å². The Morgan fingerprint density at radius 3 is 2.40 bits per heavy atom. The van der Waals surface area contributed by atoms with Crippen molar-refractivity contribution < 1.29 is 14.3 Å². The molecule has 0 radical (unpaired) electrons. The van der Waals surface area contributed by atoms with Crippen LogP contribution in [0.25, 0.3) is 10.9 Å². The molecule has 180 valence electrons. The molecule has 6 heteroatoms. The van der Waals surface area contributed by atoms with E-state index in [1.54, 1.807) is 18.8 Å². The molecule has 1 heterocycles. The van der Waals surface area contributed by atoms with E-state index in [-0.39, 0.29) is 18.0 Å². The van der Waals surface area contributed by atoms with E-state index in [9.17, 15) is 9.59 Å². The van der Waals surface area contributed by atoms with E-state index in [1.165, 1.54) is 0 Å². The number of pyridine rings is 1. The molecule has 1 amide bonds. The van der Waals surface area contributed by atoms with Gasteiger partial charge >= 0.3 is 0 Å². The molecule has 0 fully saturated rings. The minimum absolute atomic E-state index is 0.0582. The Balaban J connectivity index is 1.65. The number of rotatable bonds is 8. The third-order valence-corrected chi connectivity index (χ3v) is 6.18. The zero-order chi connectivity index (χ0) is 24.9. The number of ether oxygens (including phenoxy) is 2. The minimum Gasteiger partial charge on any atom is -0.493 e. The molecule has 35 heavy (non-hydrogen) atoms. The average Bonchev–Trinajstić information content (AvgIpc) is 2.86. The Morgan fingerprint density at radius 1 is 0.886 bits per heavy atom. The summed E-state index contributed by atoms with van der Waals surface area (Å²) in [6, 6.07) is 21.3. The van der Waals surface area contributed by atoms with Crippen molar-refractivity contribution in [2.75, 3.05) is 19.5 Å². The molecule has 0 aliphatic heterocycles. The average molecular weight is 471 g/mol. The molecule has 0 saturated carbocycles. The largest absolute Gasteiger partial charge is 0.493 e. The maximum absolute atomic E-state index is 13.5. The first-order valence-corrected chi connectivity index (χ1v) is 11.6. The topological polar surface area (TPSA) is 69.6 Å². The molecule has 0 aliphatic carbocycles. The lowest BCUT2D eigenvalue weighted by Gasteiger charge is -2.15. The van der Waals surface area contributed by atoms with Gasteiger partial charge in [0.25, 0.3) is 5.56 Å². The van der Waals surface area contributed by atoms with Crippen LogP contribution in [0, 0.1) is 13.8 Å².